The Kier molecular flexibility index (Phi) is 7.34. The summed E-state index contributed by atoms with van der Waals surface area (Å²) in [4.78, 5) is 0. The molecule has 2 unspecified atom stereocenters. The Morgan fingerprint density at radius 3 is 2.68 bits per heavy atom. The minimum Gasteiger partial charge on any atom is -0.491 e. The second kappa shape index (κ2) is 8.81. The van der Waals surface area contributed by atoms with Gasteiger partial charge in [0.1, 0.15) is 18.5 Å². The van der Waals surface area contributed by atoms with Crippen LogP contribution in [0.2, 0.25) is 0 Å². The molecule has 0 saturated carbocycles. The SMILES string of the molecule is CSCC(C)NCC(O)COc1ccc(C#N)cc1. The van der Waals surface area contributed by atoms with Crippen molar-refractivity contribution >= 4 is 11.8 Å². The molecule has 1 rings (SSSR count). The first-order valence-electron chi connectivity index (χ1n) is 6.19. The summed E-state index contributed by atoms with van der Waals surface area (Å²) in [5, 5.41) is 21.7. The fourth-order valence-corrected chi connectivity index (χ4v) is 2.14. The van der Waals surface area contributed by atoms with Crippen LogP contribution in [0.4, 0.5) is 0 Å². The first-order chi connectivity index (χ1) is 9.15. The maximum atomic E-state index is 9.78. The Bertz CT molecular complexity index is 403. The molecular formula is C14H20N2O2S. The Labute approximate surface area is 118 Å². The molecule has 0 aliphatic carbocycles. The quantitative estimate of drug-likeness (QED) is 0.758. The molecule has 0 radical (unpaired) electrons. The second-order valence-corrected chi connectivity index (χ2v) is 5.28. The molecule has 0 saturated heterocycles. The van der Waals surface area contributed by atoms with Gasteiger partial charge in [-0.15, -0.1) is 0 Å². The summed E-state index contributed by atoms with van der Waals surface area (Å²) >= 11 is 1.77. The molecule has 4 nitrogen and oxygen atoms in total. The first kappa shape index (κ1) is 15.8. The minimum absolute atomic E-state index is 0.241. The average Bonchev–Trinajstić information content (AvgIpc) is 2.44. The van der Waals surface area contributed by atoms with Gasteiger partial charge in [-0.05, 0) is 37.4 Å². The van der Waals surface area contributed by atoms with Crippen LogP contribution in [0.1, 0.15) is 12.5 Å². The van der Waals surface area contributed by atoms with E-state index in [1.165, 1.54) is 0 Å². The van der Waals surface area contributed by atoms with Crippen molar-refractivity contribution in [3.63, 3.8) is 0 Å². The number of nitrogens with one attached hydrogen (secondary N) is 1. The number of benzene rings is 1. The lowest BCUT2D eigenvalue weighted by Crippen LogP contribution is -2.37. The average molecular weight is 280 g/mol. The highest BCUT2D eigenvalue weighted by atomic mass is 32.2. The number of nitriles is 1. The Morgan fingerprint density at radius 1 is 1.42 bits per heavy atom. The number of aliphatic hydroxyl groups excluding tert-OH is 1. The maximum Gasteiger partial charge on any atom is 0.119 e. The number of nitrogens with zero attached hydrogens (tertiary/aromatic N) is 1. The van der Waals surface area contributed by atoms with Gasteiger partial charge in [0, 0.05) is 18.3 Å². The zero-order valence-corrected chi connectivity index (χ0v) is 12.1. The van der Waals surface area contributed by atoms with Crippen LogP contribution < -0.4 is 10.1 Å². The standard InChI is InChI=1S/C14H20N2O2S/c1-11(10-19-2)16-8-13(17)9-18-14-5-3-12(7-15)4-6-14/h3-6,11,13,16-17H,8-10H2,1-2H3. The third-order valence-electron chi connectivity index (χ3n) is 2.54. The first-order valence-corrected chi connectivity index (χ1v) is 7.58. The summed E-state index contributed by atoms with van der Waals surface area (Å²) in [6.45, 7) is 2.84. The highest BCUT2D eigenvalue weighted by Gasteiger charge is 2.07. The molecule has 0 aliphatic heterocycles. The number of hydrogen-bond acceptors (Lipinski definition) is 5. The van der Waals surface area contributed by atoms with Crippen molar-refractivity contribution in [3.05, 3.63) is 29.8 Å². The molecule has 0 bridgehead atoms. The van der Waals surface area contributed by atoms with E-state index < -0.39 is 6.10 Å². The summed E-state index contributed by atoms with van der Waals surface area (Å²) in [6, 6.07) is 9.27. The van der Waals surface area contributed by atoms with Crippen LogP contribution in [0, 0.1) is 11.3 Å². The predicted octanol–water partition coefficient (Wildman–Crippen LogP) is 1.64. The molecule has 0 aromatic heterocycles. The largest absolute Gasteiger partial charge is 0.491 e. The molecule has 0 spiro atoms. The van der Waals surface area contributed by atoms with Crippen molar-refractivity contribution in [3.8, 4) is 11.8 Å². The van der Waals surface area contributed by atoms with Gasteiger partial charge in [-0.25, -0.2) is 0 Å². The fraction of sp³-hybridized carbons (Fsp3) is 0.500. The van der Waals surface area contributed by atoms with Crippen molar-refractivity contribution in [2.45, 2.75) is 19.1 Å². The van der Waals surface area contributed by atoms with Crippen LogP contribution >= 0.6 is 11.8 Å². The molecule has 5 heteroatoms. The third-order valence-corrected chi connectivity index (χ3v) is 3.38. The van der Waals surface area contributed by atoms with Gasteiger partial charge in [-0.3, -0.25) is 0 Å². The van der Waals surface area contributed by atoms with Crippen LogP contribution in [0.15, 0.2) is 24.3 Å². The van der Waals surface area contributed by atoms with Crippen molar-refractivity contribution in [2.24, 2.45) is 0 Å². The van der Waals surface area contributed by atoms with E-state index in [0.29, 0.717) is 23.9 Å². The molecule has 0 aliphatic rings. The van der Waals surface area contributed by atoms with Crippen LogP contribution in [-0.4, -0.2) is 42.4 Å². The highest BCUT2D eigenvalue weighted by Crippen LogP contribution is 2.11. The molecular weight excluding hydrogens is 260 g/mol. The fourth-order valence-electron chi connectivity index (χ4n) is 1.52. The molecule has 0 amide bonds. The zero-order chi connectivity index (χ0) is 14.1. The summed E-state index contributed by atoms with van der Waals surface area (Å²) in [6.07, 6.45) is 1.52. The van der Waals surface area contributed by atoms with Crippen molar-refractivity contribution in [1.82, 2.24) is 5.32 Å². The predicted molar refractivity (Wildman–Crippen MR) is 78.5 cm³/mol. The van der Waals surface area contributed by atoms with E-state index in [1.54, 1.807) is 36.0 Å². The van der Waals surface area contributed by atoms with E-state index in [4.69, 9.17) is 10.00 Å². The van der Waals surface area contributed by atoms with Crippen molar-refractivity contribution < 1.29 is 9.84 Å². The third kappa shape index (κ3) is 6.48. The summed E-state index contributed by atoms with van der Waals surface area (Å²) in [5.74, 6) is 1.68. The monoisotopic (exact) mass is 280 g/mol. The summed E-state index contributed by atoms with van der Waals surface area (Å²) < 4.78 is 5.45. The lowest BCUT2D eigenvalue weighted by molar-refractivity contribution is 0.105. The van der Waals surface area contributed by atoms with Gasteiger partial charge in [-0.2, -0.15) is 17.0 Å². The molecule has 2 N–H and O–H groups in total. The maximum absolute atomic E-state index is 9.78. The molecule has 1 aromatic carbocycles. The number of thioether (sulfide) groups is 1. The molecule has 0 heterocycles. The van der Waals surface area contributed by atoms with Crippen molar-refractivity contribution in [1.29, 1.82) is 5.26 Å². The van der Waals surface area contributed by atoms with E-state index in [0.717, 1.165) is 5.75 Å². The van der Waals surface area contributed by atoms with Gasteiger partial charge in [0.25, 0.3) is 0 Å². The smallest absolute Gasteiger partial charge is 0.119 e. The van der Waals surface area contributed by atoms with E-state index in [-0.39, 0.29) is 6.61 Å². The van der Waals surface area contributed by atoms with Crippen LogP contribution in [-0.2, 0) is 0 Å². The second-order valence-electron chi connectivity index (χ2n) is 4.37. The normalized spacial score (nSPS) is 13.6. The van der Waals surface area contributed by atoms with E-state index in [2.05, 4.69) is 18.5 Å². The summed E-state index contributed by atoms with van der Waals surface area (Å²) in [5.41, 5.74) is 0.598. The molecule has 2 atom stereocenters. The molecule has 19 heavy (non-hydrogen) atoms. The Morgan fingerprint density at radius 2 is 2.11 bits per heavy atom. The van der Waals surface area contributed by atoms with E-state index in [9.17, 15) is 5.11 Å². The molecule has 104 valence electrons. The van der Waals surface area contributed by atoms with Gasteiger partial charge in [0.2, 0.25) is 0 Å². The number of aliphatic hydroxyl groups is 1. The Hall–Kier alpha value is -1.22. The zero-order valence-electron chi connectivity index (χ0n) is 11.3. The highest BCUT2D eigenvalue weighted by molar-refractivity contribution is 7.98. The lowest BCUT2D eigenvalue weighted by atomic mass is 10.2. The number of rotatable bonds is 8. The van der Waals surface area contributed by atoms with Crippen LogP contribution in [0.5, 0.6) is 5.75 Å². The van der Waals surface area contributed by atoms with E-state index in [1.807, 2.05) is 6.07 Å². The van der Waals surface area contributed by atoms with Gasteiger partial charge < -0.3 is 15.2 Å². The van der Waals surface area contributed by atoms with Gasteiger partial charge in [-0.1, -0.05) is 0 Å². The van der Waals surface area contributed by atoms with Crippen molar-refractivity contribution in [2.75, 3.05) is 25.2 Å². The Balaban J connectivity index is 2.25. The van der Waals surface area contributed by atoms with Gasteiger partial charge in [0.15, 0.2) is 0 Å². The van der Waals surface area contributed by atoms with Crippen LogP contribution in [0.25, 0.3) is 0 Å². The molecule has 0 fully saturated rings. The minimum atomic E-state index is -0.542. The van der Waals surface area contributed by atoms with E-state index >= 15 is 0 Å². The van der Waals surface area contributed by atoms with Gasteiger partial charge in [0.05, 0.1) is 11.6 Å². The number of ether oxygens (including phenoxy) is 1. The molecule has 1 aromatic rings. The number of hydrogen-bond donors (Lipinski definition) is 2. The lowest BCUT2D eigenvalue weighted by Gasteiger charge is -2.16. The van der Waals surface area contributed by atoms with Crippen LogP contribution in [0.3, 0.4) is 0 Å². The van der Waals surface area contributed by atoms with Gasteiger partial charge >= 0.3 is 0 Å². The topological polar surface area (TPSA) is 65.3 Å². The summed E-state index contributed by atoms with van der Waals surface area (Å²) in [7, 11) is 0.